The van der Waals surface area contributed by atoms with E-state index in [9.17, 15) is 0 Å². The minimum atomic E-state index is 0.979. The van der Waals surface area contributed by atoms with Crippen LogP contribution in [0.25, 0.3) is 0 Å². The maximum atomic E-state index is 5.34. The highest BCUT2D eigenvalue weighted by Gasteiger charge is 1.89. The Labute approximate surface area is 81.3 Å². The van der Waals surface area contributed by atoms with Gasteiger partial charge in [0, 0.05) is 25.9 Å². The number of hydrogen-bond donors (Lipinski definition) is 0. The molecule has 72 valence electrons. The van der Waals surface area contributed by atoms with Gasteiger partial charge in [-0.1, -0.05) is 19.3 Å². The van der Waals surface area contributed by atoms with E-state index in [1.807, 2.05) is 20.2 Å². The molecule has 0 N–H and O–H groups in total. The lowest BCUT2D eigenvalue weighted by molar-refractivity contribution is 0.440. The summed E-state index contributed by atoms with van der Waals surface area (Å²) in [6.07, 6.45) is 12.3. The predicted molar refractivity (Wildman–Crippen MR) is 58.6 cm³/mol. The first-order valence-corrected chi connectivity index (χ1v) is 4.57. The number of allylic oxidation sites excluding steroid dienone is 2. The topological polar surface area (TPSA) is 15.6 Å². The zero-order valence-electron chi connectivity index (χ0n) is 8.75. The second-order valence-corrected chi connectivity index (χ2v) is 3.05. The van der Waals surface area contributed by atoms with Crippen LogP contribution in [0.2, 0.25) is 0 Å². The summed E-state index contributed by atoms with van der Waals surface area (Å²) in [5.74, 6) is 2.66. The smallest absolute Gasteiger partial charge is 0.0479 e. The van der Waals surface area contributed by atoms with E-state index < -0.39 is 0 Å². The van der Waals surface area contributed by atoms with Crippen molar-refractivity contribution in [2.75, 3.05) is 14.1 Å². The van der Waals surface area contributed by atoms with E-state index in [2.05, 4.69) is 17.9 Å². The van der Waals surface area contributed by atoms with E-state index in [4.69, 9.17) is 6.42 Å². The van der Waals surface area contributed by atoms with Gasteiger partial charge in [-0.15, -0.1) is 6.42 Å². The lowest BCUT2D eigenvalue weighted by Gasteiger charge is -2.00. The molecule has 0 bridgehead atoms. The van der Waals surface area contributed by atoms with Gasteiger partial charge < -0.3 is 5.01 Å². The first-order chi connectivity index (χ1) is 6.20. The fraction of sp³-hybridized carbons (Fsp3) is 0.545. The van der Waals surface area contributed by atoms with Crippen LogP contribution >= 0.6 is 0 Å². The SMILES string of the molecule is C#C/C(=C\C=N\N(C)C)CCCC. The van der Waals surface area contributed by atoms with Gasteiger partial charge in [0.15, 0.2) is 0 Å². The number of hydrogen-bond acceptors (Lipinski definition) is 2. The van der Waals surface area contributed by atoms with Crippen molar-refractivity contribution in [1.29, 1.82) is 0 Å². The Kier molecular flexibility index (Phi) is 6.72. The van der Waals surface area contributed by atoms with E-state index in [0.29, 0.717) is 0 Å². The molecule has 0 saturated heterocycles. The molecular weight excluding hydrogens is 160 g/mol. The summed E-state index contributed by atoms with van der Waals surface area (Å²) < 4.78 is 0. The fourth-order valence-electron chi connectivity index (χ4n) is 0.827. The molecule has 0 aliphatic carbocycles. The van der Waals surface area contributed by atoms with Crippen LogP contribution in [0.1, 0.15) is 26.2 Å². The standard InChI is InChI=1S/C11H18N2/c1-5-7-8-11(6-2)9-10-12-13(3)4/h2,9-10H,5,7-8H2,1,3-4H3/b11-9+,12-10+. The molecule has 0 aromatic heterocycles. The Bertz CT molecular complexity index is 219. The summed E-state index contributed by atoms with van der Waals surface area (Å²) in [6, 6.07) is 0. The summed E-state index contributed by atoms with van der Waals surface area (Å²) in [4.78, 5) is 0. The number of rotatable bonds is 5. The molecule has 13 heavy (non-hydrogen) atoms. The van der Waals surface area contributed by atoms with Crippen LogP contribution in [-0.2, 0) is 0 Å². The van der Waals surface area contributed by atoms with Crippen molar-refractivity contribution in [2.45, 2.75) is 26.2 Å². The Hall–Kier alpha value is -1.23. The van der Waals surface area contributed by atoms with Gasteiger partial charge in [-0.25, -0.2) is 0 Å². The van der Waals surface area contributed by atoms with Crippen LogP contribution in [-0.4, -0.2) is 25.3 Å². The molecule has 0 saturated carbocycles. The summed E-state index contributed by atoms with van der Waals surface area (Å²) >= 11 is 0. The van der Waals surface area contributed by atoms with Gasteiger partial charge in [0.2, 0.25) is 0 Å². The molecule has 0 aliphatic heterocycles. The average molecular weight is 178 g/mol. The third kappa shape index (κ3) is 7.14. The Balaban J connectivity index is 4.01. The fourth-order valence-corrected chi connectivity index (χ4v) is 0.827. The summed E-state index contributed by atoms with van der Waals surface area (Å²) in [5, 5.41) is 5.80. The van der Waals surface area contributed by atoms with Gasteiger partial charge in [0.1, 0.15) is 0 Å². The quantitative estimate of drug-likeness (QED) is 0.358. The first-order valence-electron chi connectivity index (χ1n) is 4.57. The first kappa shape index (κ1) is 11.8. The molecule has 0 amide bonds. The van der Waals surface area contributed by atoms with E-state index in [1.165, 1.54) is 6.42 Å². The monoisotopic (exact) mass is 178 g/mol. The molecule has 2 heteroatoms. The molecule has 0 fully saturated rings. The summed E-state index contributed by atoms with van der Waals surface area (Å²) in [7, 11) is 3.76. The van der Waals surface area contributed by atoms with Crippen molar-refractivity contribution >= 4 is 6.21 Å². The highest BCUT2D eigenvalue weighted by molar-refractivity contribution is 5.73. The molecule has 0 aliphatic rings. The van der Waals surface area contributed by atoms with Crippen LogP contribution in [0.15, 0.2) is 16.8 Å². The average Bonchev–Trinajstić information content (AvgIpc) is 2.10. The second kappa shape index (κ2) is 7.42. The molecular formula is C11H18N2. The normalized spacial score (nSPS) is 11.7. The molecule has 0 aromatic carbocycles. The highest BCUT2D eigenvalue weighted by Crippen LogP contribution is 2.04. The van der Waals surface area contributed by atoms with E-state index in [-0.39, 0.29) is 0 Å². The van der Waals surface area contributed by atoms with Gasteiger partial charge >= 0.3 is 0 Å². The molecule has 0 spiro atoms. The van der Waals surface area contributed by atoms with E-state index in [1.54, 1.807) is 11.2 Å². The van der Waals surface area contributed by atoms with Crippen molar-refractivity contribution in [3.8, 4) is 12.3 Å². The largest absolute Gasteiger partial charge is 0.303 e. The van der Waals surface area contributed by atoms with Crippen molar-refractivity contribution in [3.63, 3.8) is 0 Å². The van der Waals surface area contributed by atoms with Crippen LogP contribution in [0.3, 0.4) is 0 Å². The summed E-state index contributed by atoms with van der Waals surface area (Å²) in [6.45, 7) is 2.15. The van der Waals surface area contributed by atoms with Crippen LogP contribution in [0.4, 0.5) is 0 Å². The third-order valence-corrected chi connectivity index (χ3v) is 1.56. The van der Waals surface area contributed by atoms with Crippen LogP contribution in [0.5, 0.6) is 0 Å². The third-order valence-electron chi connectivity index (χ3n) is 1.56. The number of terminal acetylenes is 1. The zero-order chi connectivity index (χ0) is 10.1. The number of hydrazone groups is 1. The van der Waals surface area contributed by atoms with Gasteiger partial charge in [-0.3, -0.25) is 0 Å². The van der Waals surface area contributed by atoms with Crippen molar-refractivity contribution in [3.05, 3.63) is 11.6 Å². The lowest BCUT2D eigenvalue weighted by Crippen LogP contribution is -2.00. The van der Waals surface area contributed by atoms with Crippen LogP contribution in [0, 0.1) is 12.3 Å². The number of nitrogens with zero attached hydrogens (tertiary/aromatic N) is 2. The van der Waals surface area contributed by atoms with Gasteiger partial charge in [0.05, 0.1) is 0 Å². The van der Waals surface area contributed by atoms with Gasteiger partial charge in [-0.05, 0) is 18.9 Å². The molecule has 0 rings (SSSR count). The van der Waals surface area contributed by atoms with Crippen molar-refractivity contribution < 1.29 is 0 Å². The van der Waals surface area contributed by atoms with E-state index in [0.717, 1.165) is 18.4 Å². The second-order valence-electron chi connectivity index (χ2n) is 3.05. The molecule has 0 heterocycles. The van der Waals surface area contributed by atoms with Crippen molar-refractivity contribution in [2.24, 2.45) is 5.10 Å². The minimum absolute atomic E-state index is 0.979. The van der Waals surface area contributed by atoms with Gasteiger partial charge in [-0.2, -0.15) is 5.10 Å². The Morgan fingerprint density at radius 2 is 2.23 bits per heavy atom. The van der Waals surface area contributed by atoms with Crippen LogP contribution < -0.4 is 0 Å². The maximum Gasteiger partial charge on any atom is 0.0479 e. The highest BCUT2D eigenvalue weighted by atomic mass is 15.4. The van der Waals surface area contributed by atoms with Gasteiger partial charge in [0.25, 0.3) is 0 Å². The summed E-state index contributed by atoms with van der Waals surface area (Å²) in [5.41, 5.74) is 1.02. The minimum Gasteiger partial charge on any atom is -0.303 e. The molecule has 0 radical (unpaired) electrons. The lowest BCUT2D eigenvalue weighted by atomic mass is 10.1. The zero-order valence-corrected chi connectivity index (χ0v) is 8.75. The predicted octanol–water partition coefficient (Wildman–Crippen LogP) is 2.28. The maximum absolute atomic E-state index is 5.34. The molecule has 0 aromatic rings. The Morgan fingerprint density at radius 3 is 2.69 bits per heavy atom. The number of unbranched alkanes of at least 4 members (excludes halogenated alkanes) is 1. The molecule has 0 atom stereocenters. The van der Waals surface area contributed by atoms with Crippen molar-refractivity contribution in [1.82, 2.24) is 5.01 Å². The van der Waals surface area contributed by atoms with E-state index >= 15 is 0 Å². The molecule has 0 unspecified atom stereocenters. The molecule has 2 nitrogen and oxygen atoms in total. The Morgan fingerprint density at radius 1 is 1.54 bits per heavy atom.